The molecule has 1 amide bonds. The molecule has 0 spiro atoms. The van der Waals surface area contributed by atoms with Crippen LogP contribution in [0.5, 0.6) is 0 Å². The van der Waals surface area contributed by atoms with Gasteiger partial charge >= 0.3 is 0 Å². The molecule has 1 atom stereocenters. The summed E-state index contributed by atoms with van der Waals surface area (Å²) in [5.41, 5.74) is 0.967. The molecule has 3 N–H and O–H groups in total. The lowest BCUT2D eigenvalue weighted by atomic mass is 10.1. The maximum atomic E-state index is 14.3. The van der Waals surface area contributed by atoms with Gasteiger partial charge in [0.1, 0.15) is 12.5 Å². The first-order valence-corrected chi connectivity index (χ1v) is 11.6. The summed E-state index contributed by atoms with van der Waals surface area (Å²) in [4.78, 5) is 12.9. The van der Waals surface area contributed by atoms with Gasteiger partial charge in [0.25, 0.3) is 5.91 Å². The van der Waals surface area contributed by atoms with Crippen molar-refractivity contribution in [1.82, 2.24) is 9.88 Å². The monoisotopic (exact) mass is 482 g/mol. The highest BCUT2D eigenvalue weighted by Crippen LogP contribution is 2.27. The minimum absolute atomic E-state index is 0.0253. The van der Waals surface area contributed by atoms with E-state index in [2.05, 4.69) is 10.1 Å². The first kappa shape index (κ1) is 24.8. The quantitative estimate of drug-likeness (QED) is 0.317. The topological polar surface area (TPSA) is 118 Å². The summed E-state index contributed by atoms with van der Waals surface area (Å²) in [6.07, 6.45) is 0. The predicted molar refractivity (Wildman–Crippen MR) is 116 cm³/mol. The number of amides is 1. The molecule has 0 aliphatic rings. The lowest BCUT2D eigenvalue weighted by molar-refractivity contribution is 0.00630. The first-order valence-electron chi connectivity index (χ1n) is 9.97. The van der Waals surface area contributed by atoms with Gasteiger partial charge in [-0.2, -0.15) is 0 Å². The highest BCUT2D eigenvalue weighted by Gasteiger charge is 2.22. The molecular formula is C22H24F2N2O6S. The van der Waals surface area contributed by atoms with Gasteiger partial charge in [-0.15, -0.1) is 0 Å². The number of aliphatic hydroxyl groups excluding tert-OH is 2. The molecule has 11 heteroatoms. The third-order valence-corrected chi connectivity index (χ3v) is 7.05. The van der Waals surface area contributed by atoms with Gasteiger partial charge < -0.3 is 24.8 Å². The maximum absolute atomic E-state index is 14.3. The first-order chi connectivity index (χ1) is 15.6. The molecule has 1 aromatic heterocycles. The molecule has 3 aromatic rings. The van der Waals surface area contributed by atoms with Gasteiger partial charge in [-0.3, -0.25) is 4.79 Å². The van der Waals surface area contributed by atoms with Crippen LogP contribution in [0, 0.1) is 18.6 Å². The van der Waals surface area contributed by atoms with E-state index in [1.807, 2.05) is 0 Å². The van der Waals surface area contributed by atoms with Crippen LogP contribution in [-0.4, -0.2) is 54.9 Å². The van der Waals surface area contributed by atoms with Crippen molar-refractivity contribution in [2.24, 2.45) is 7.05 Å². The van der Waals surface area contributed by atoms with Gasteiger partial charge in [0.15, 0.2) is 21.5 Å². The van der Waals surface area contributed by atoms with Gasteiger partial charge in [0.2, 0.25) is 0 Å². The number of halogens is 2. The fourth-order valence-electron chi connectivity index (χ4n) is 3.47. The van der Waals surface area contributed by atoms with E-state index in [0.717, 1.165) is 0 Å². The molecule has 0 aliphatic heterocycles. The van der Waals surface area contributed by atoms with Crippen molar-refractivity contribution >= 4 is 26.6 Å². The molecule has 3 rings (SSSR count). The molecule has 0 fully saturated rings. The third kappa shape index (κ3) is 5.06. The van der Waals surface area contributed by atoms with Crippen molar-refractivity contribution < 1.29 is 36.9 Å². The van der Waals surface area contributed by atoms with E-state index in [4.69, 9.17) is 5.11 Å². The average molecular weight is 483 g/mol. The molecule has 0 radical (unpaired) electrons. The van der Waals surface area contributed by atoms with Crippen molar-refractivity contribution in [3.05, 3.63) is 64.9 Å². The summed E-state index contributed by atoms with van der Waals surface area (Å²) in [5, 5.41) is 21.0. The van der Waals surface area contributed by atoms with E-state index in [1.54, 1.807) is 7.05 Å². The number of nitrogens with zero attached hydrogens (tertiary/aromatic N) is 1. The molecule has 1 heterocycles. The fraction of sp³-hybridized carbons (Fsp3) is 0.318. The van der Waals surface area contributed by atoms with Crippen molar-refractivity contribution in [2.75, 3.05) is 25.8 Å². The summed E-state index contributed by atoms with van der Waals surface area (Å²) < 4.78 is 58.9. The molecule has 0 aliphatic carbocycles. The Kier molecular flexibility index (Phi) is 7.48. The molecule has 2 aromatic carbocycles. The van der Waals surface area contributed by atoms with Crippen LogP contribution in [0.4, 0.5) is 8.78 Å². The minimum Gasteiger partial charge on any atom is -0.394 e. The number of hydrogen-bond donors (Lipinski definition) is 3. The second kappa shape index (κ2) is 9.96. The normalized spacial score (nSPS) is 12.8. The molecule has 0 bridgehead atoms. The lowest BCUT2D eigenvalue weighted by Crippen LogP contribution is -2.32. The van der Waals surface area contributed by atoms with E-state index in [0.29, 0.717) is 11.1 Å². The van der Waals surface area contributed by atoms with Crippen LogP contribution in [0.1, 0.15) is 27.7 Å². The number of aromatic nitrogens is 1. The van der Waals surface area contributed by atoms with E-state index < -0.39 is 46.8 Å². The Hall–Kier alpha value is -2.86. The van der Waals surface area contributed by atoms with Crippen LogP contribution in [-0.2, 0) is 21.6 Å². The zero-order chi connectivity index (χ0) is 24.3. The van der Waals surface area contributed by atoms with Gasteiger partial charge in [-0.25, -0.2) is 17.2 Å². The number of ether oxygens (including phenoxy) is 1. The largest absolute Gasteiger partial charge is 0.394 e. The van der Waals surface area contributed by atoms with Crippen LogP contribution in [0.3, 0.4) is 0 Å². The number of carbonyl (C=O) groups excluding carboxylic acids is 1. The Morgan fingerprint density at radius 2 is 1.82 bits per heavy atom. The standard InChI is InChI=1S/C22H24F2N2O6S/c1-13-9-18-16(21(24)20(13)23)10-19(26(18)2)22(29)25-17(11-27)14-3-5-15(6-4-14)33(30,31)8-7-32-12-28/h3-6,9-10,17,27-28H,7-8,11-12H2,1-2H3,(H,25,29)/t17-/m1/s1. The SMILES string of the molecule is Cc1cc2c(cc(C(=O)N[C@H](CO)c3ccc(S(=O)(=O)CCOCO)cc3)n2C)c(F)c1F. The van der Waals surface area contributed by atoms with E-state index in [9.17, 15) is 27.1 Å². The Morgan fingerprint density at radius 1 is 1.15 bits per heavy atom. The highest BCUT2D eigenvalue weighted by molar-refractivity contribution is 7.91. The molecule has 8 nitrogen and oxygen atoms in total. The van der Waals surface area contributed by atoms with Gasteiger partial charge in [0.05, 0.1) is 35.4 Å². The highest BCUT2D eigenvalue weighted by atomic mass is 32.2. The number of rotatable bonds is 9. The van der Waals surface area contributed by atoms with Crippen LogP contribution in [0.25, 0.3) is 10.9 Å². The van der Waals surface area contributed by atoms with E-state index in [1.165, 1.54) is 47.9 Å². The Labute approximate surface area is 189 Å². The molecular weight excluding hydrogens is 458 g/mol. The molecule has 178 valence electrons. The Bertz CT molecular complexity index is 1270. The second-order valence-corrected chi connectivity index (χ2v) is 9.59. The fourth-order valence-corrected chi connectivity index (χ4v) is 4.59. The van der Waals surface area contributed by atoms with E-state index in [-0.39, 0.29) is 33.9 Å². The summed E-state index contributed by atoms with van der Waals surface area (Å²) in [5.74, 6) is -2.96. The molecule has 33 heavy (non-hydrogen) atoms. The van der Waals surface area contributed by atoms with Crippen molar-refractivity contribution in [2.45, 2.75) is 17.9 Å². The van der Waals surface area contributed by atoms with Crippen LogP contribution in [0.15, 0.2) is 41.3 Å². The number of nitrogens with one attached hydrogen (secondary N) is 1. The zero-order valence-electron chi connectivity index (χ0n) is 18.0. The predicted octanol–water partition coefficient (Wildman–Crippen LogP) is 1.97. The van der Waals surface area contributed by atoms with Crippen molar-refractivity contribution in [3.8, 4) is 0 Å². The summed E-state index contributed by atoms with van der Waals surface area (Å²) in [7, 11) is -2.09. The Balaban J connectivity index is 1.82. The number of aryl methyl sites for hydroxylation is 2. The van der Waals surface area contributed by atoms with Crippen LogP contribution < -0.4 is 5.32 Å². The molecule has 0 saturated carbocycles. The number of aliphatic hydroxyl groups is 2. The summed E-state index contributed by atoms with van der Waals surface area (Å²) >= 11 is 0. The summed E-state index contributed by atoms with van der Waals surface area (Å²) in [6.45, 7) is 0.208. The van der Waals surface area contributed by atoms with Crippen LogP contribution >= 0.6 is 0 Å². The number of hydrogen-bond acceptors (Lipinski definition) is 6. The van der Waals surface area contributed by atoms with Crippen LogP contribution in [0.2, 0.25) is 0 Å². The molecule has 0 unspecified atom stereocenters. The minimum atomic E-state index is -3.63. The van der Waals surface area contributed by atoms with E-state index >= 15 is 0 Å². The maximum Gasteiger partial charge on any atom is 0.268 e. The number of carbonyl (C=O) groups is 1. The van der Waals surface area contributed by atoms with Gasteiger partial charge in [-0.1, -0.05) is 12.1 Å². The van der Waals surface area contributed by atoms with Gasteiger partial charge in [0, 0.05) is 12.4 Å². The second-order valence-electron chi connectivity index (χ2n) is 7.48. The van der Waals surface area contributed by atoms with Crippen molar-refractivity contribution in [3.63, 3.8) is 0 Å². The summed E-state index contributed by atoms with van der Waals surface area (Å²) in [6, 6.07) is 7.42. The molecule has 0 saturated heterocycles. The number of benzene rings is 2. The average Bonchev–Trinajstić information content (AvgIpc) is 3.12. The number of fused-ring (bicyclic) bond motifs is 1. The smallest absolute Gasteiger partial charge is 0.268 e. The zero-order valence-corrected chi connectivity index (χ0v) is 18.8. The Morgan fingerprint density at radius 3 is 2.42 bits per heavy atom. The number of sulfone groups is 1. The van der Waals surface area contributed by atoms with Gasteiger partial charge in [-0.05, 0) is 42.3 Å². The third-order valence-electron chi connectivity index (χ3n) is 5.36. The lowest BCUT2D eigenvalue weighted by Gasteiger charge is -2.17. The van der Waals surface area contributed by atoms with Crippen molar-refractivity contribution in [1.29, 1.82) is 0 Å².